The number of carbonyl (C=O) groups is 1. The first-order valence-electron chi connectivity index (χ1n) is 7.09. The quantitative estimate of drug-likeness (QED) is 0.722. The molecule has 0 aliphatic heterocycles. The number of hydrogen-bond acceptors (Lipinski definition) is 5. The van der Waals surface area contributed by atoms with Crippen molar-refractivity contribution in [3.05, 3.63) is 35.8 Å². The summed E-state index contributed by atoms with van der Waals surface area (Å²) in [5.41, 5.74) is 2.62. The van der Waals surface area contributed by atoms with E-state index < -0.39 is 0 Å². The third kappa shape index (κ3) is 6.45. The van der Waals surface area contributed by atoms with Crippen LogP contribution in [0.1, 0.15) is 11.4 Å². The maximum atomic E-state index is 11.7. The molecule has 2 N–H and O–H groups in total. The Morgan fingerprint density at radius 3 is 2.58 bits per heavy atom. The molecular formula is C15H23Cl2N5O2. The number of nitrogens with zero attached hydrogens (tertiary/aromatic N) is 3. The van der Waals surface area contributed by atoms with Crippen LogP contribution in [0.5, 0.6) is 0 Å². The van der Waals surface area contributed by atoms with Crippen molar-refractivity contribution in [1.29, 1.82) is 0 Å². The Kier molecular flexibility index (Phi) is 10.2. The fraction of sp³-hybridized carbons (Fsp3) is 0.400. The third-order valence-corrected chi connectivity index (χ3v) is 3.03. The molecule has 0 aliphatic rings. The minimum atomic E-state index is -0.114. The largest absolute Gasteiger partial charge is 0.383 e. The van der Waals surface area contributed by atoms with Crippen LogP contribution in [-0.2, 0) is 9.53 Å². The predicted octanol–water partition coefficient (Wildman–Crippen LogP) is 1.90. The molecule has 0 bridgehead atoms. The molecule has 24 heavy (non-hydrogen) atoms. The lowest BCUT2D eigenvalue weighted by molar-refractivity contribution is -0.115. The highest BCUT2D eigenvalue weighted by molar-refractivity contribution is 5.92. The number of anilines is 1. The number of carbonyl (C=O) groups excluding carboxylic acids is 1. The van der Waals surface area contributed by atoms with E-state index in [1.807, 2.05) is 32.0 Å². The Labute approximate surface area is 154 Å². The van der Waals surface area contributed by atoms with Crippen LogP contribution in [0.3, 0.4) is 0 Å². The van der Waals surface area contributed by atoms with E-state index >= 15 is 0 Å². The van der Waals surface area contributed by atoms with Gasteiger partial charge in [-0.2, -0.15) is 5.10 Å². The van der Waals surface area contributed by atoms with Gasteiger partial charge in [0.1, 0.15) is 0 Å². The maximum absolute atomic E-state index is 11.7. The molecule has 2 heterocycles. The van der Waals surface area contributed by atoms with E-state index in [-0.39, 0.29) is 37.3 Å². The second-order valence-electron chi connectivity index (χ2n) is 4.96. The van der Waals surface area contributed by atoms with Crippen LogP contribution in [0.15, 0.2) is 24.4 Å². The van der Waals surface area contributed by atoms with Gasteiger partial charge < -0.3 is 15.4 Å². The predicted molar refractivity (Wildman–Crippen MR) is 98.7 cm³/mol. The van der Waals surface area contributed by atoms with Gasteiger partial charge in [-0.1, -0.05) is 0 Å². The molecule has 9 heteroatoms. The highest BCUT2D eigenvalue weighted by atomic mass is 35.5. The Bertz CT molecular complexity index is 631. The molecule has 0 atom stereocenters. The number of pyridine rings is 1. The number of methoxy groups -OCH3 is 1. The van der Waals surface area contributed by atoms with Crippen LogP contribution in [0.25, 0.3) is 5.82 Å². The average molecular weight is 376 g/mol. The minimum Gasteiger partial charge on any atom is -0.383 e. The normalized spacial score (nSPS) is 9.79. The second kappa shape index (κ2) is 11.0. The zero-order chi connectivity index (χ0) is 15.9. The van der Waals surface area contributed by atoms with E-state index in [4.69, 9.17) is 4.74 Å². The zero-order valence-corrected chi connectivity index (χ0v) is 15.5. The van der Waals surface area contributed by atoms with Gasteiger partial charge in [0.15, 0.2) is 5.82 Å². The molecular weight excluding hydrogens is 353 g/mol. The molecule has 0 fully saturated rings. The average Bonchev–Trinajstić information content (AvgIpc) is 2.83. The van der Waals surface area contributed by atoms with E-state index in [1.54, 1.807) is 18.0 Å². The molecule has 0 unspecified atom stereocenters. The number of hydrogen-bond donors (Lipinski definition) is 2. The molecule has 7 nitrogen and oxygen atoms in total. The topological polar surface area (TPSA) is 81.1 Å². The van der Waals surface area contributed by atoms with Crippen LogP contribution >= 0.6 is 24.8 Å². The molecule has 2 aromatic heterocycles. The summed E-state index contributed by atoms with van der Waals surface area (Å²) in [6, 6.07) is 5.63. The van der Waals surface area contributed by atoms with Gasteiger partial charge in [0.2, 0.25) is 5.91 Å². The Hall–Kier alpha value is -1.67. The van der Waals surface area contributed by atoms with Gasteiger partial charge in [-0.25, -0.2) is 9.67 Å². The minimum absolute atomic E-state index is 0. The van der Waals surface area contributed by atoms with Gasteiger partial charge in [0, 0.05) is 19.3 Å². The van der Waals surface area contributed by atoms with Crippen LogP contribution in [0.4, 0.5) is 5.69 Å². The van der Waals surface area contributed by atoms with Crippen molar-refractivity contribution in [1.82, 2.24) is 20.1 Å². The summed E-state index contributed by atoms with van der Waals surface area (Å²) in [5.74, 6) is 0.610. The summed E-state index contributed by atoms with van der Waals surface area (Å²) in [4.78, 5) is 16.1. The molecule has 134 valence electrons. The smallest absolute Gasteiger partial charge is 0.238 e. The zero-order valence-electron chi connectivity index (χ0n) is 13.9. The van der Waals surface area contributed by atoms with Crippen molar-refractivity contribution < 1.29 is 9.53 Å². The van der Waals surface area contributed by atoms with Crippen LogP contribution in [0, 0.1) is 13.8 Å². The van der Waals surface area contributed by atoms with Gasteiger partial charge in [0.25, 0.3) is 0 Å². The molecule has 2 rings (SSSR count). The summed E-state index contributed by atoms with van der Waals surface area (Å²) in [6.07, 6.45) is 1.62. The van der Waals surface area contributed by atoms with Crippen molar-refractivity contribution in [2.45, 2.75) is 13.8 Å². The molecule has 0 aliphatic carbocycles. The Morgan fingerprint density at radius 1 is 1.29 bits per heavy atom. The van der Waals surface area contributed by atoms with Crippen molar-refractivity contribution in [2.24, 2.45) is 0 Å². The van der Waals surface area contributed by atoms with Crippen molar-refractivity contribution in [2.75, 3.05) is 32.1 Å². The molecule has 0 radical (unpaired) electrons. The Balaban J connectivity index is 0.00000264. The van der Waals surface area contributed by atoms with Crippen LogP contribution in [-0.4, -0.2) is 47.5 Å². The maximum Gasteiger partial charge on any atom is 0.238 e. The van der Waals surface area contributed by atoms with Gasteiger partial charge in [0.05, 0.1) is 30.7 Å². The van der Waals surface area contributed by atoms with Gasteiger partial charge in [-0.05, 0) is 32.0 Å². The highest BCUT2D eigenvalue weighted by Gasteiger charge is 2.06. The lowest BCUT2D eigenvalue weighted by atomic mass is 10.3. The summed E-state index contributed by atoms with van der Waals surface area (Å²) in [6.45, 7) is 5.37. The van der Waals surface area contributed by atoms with E-state index in [2.05, 4.69) is 20.7 Å². The van der Waals surface area contributed by atoms with E-state index in [0.29, 0.717) is 18.8 Å². The first-order chi connectivity index (χ1) is 10.6. The number of aryl methyl sites for hydroxylation is 2. The lowest BCUT2D eigenvalue weighted by Gasteiger charge is -2.08. The fourth-order valence-corrected chi connectivity index (χ4v) is 2.03. The molecule has 2 aromatic rings. The summed E-state index contributed by atoms with van der Waals surface area (Å²) < 4.78 is 6.67. The third-order valence-electron chi connectivity index (χ3n) is 3.03. The monoisotopic (exact) mass is 375 g/mol. The number of amides is 1. The van der Waals surface area contributed by atoms with E-state index in [1.165, 1.54) is 0 Å². The number of ether oxygens (including phenoxy) is 1. The Morgan fingerprint density at radius 2 is 2.04 bits per heavy atom. The number of nitrogens with one attached hydrogen (secondary N) is 2. The first-order valence-corrected chi connectivity index (χ1v) is 7.09. The first kappa shape index (κ1) is 22.3. The SMILES string of the molecule is COCCNCC(=O)Nc1ccc(-n2nc(C)cc2C)nc1.Cl.Cl. The lowest BCUT2D eigenvalue weighted by Crippen LogP contribution is -2.30. The van der Waals surface area contributed by atoms with Crippen LogP contribution in [0.2, 0.25) is 0 Å². The molecule has 1 amide bonds. The van der Waals surface area contributed by atoms with E-state index in [0.717, 1.165) is 17.2 Å². The van der Waals surface area contributed by atoms with Crippen molar-refractivity contribution in [3.8, 4) is 5.82 Å². The van der Waals surface area contributed by atoms with Crippen LogP contribution < -0.4 is 10.6 Å². The standard InChI is InChI=1S/C15H21N5O2.2ClH/c1-11-8-12(2)20(19-11)14-5-4-13(9-17-14)18-15(21)10-16-6-7-22-3;;/h4-5,8-9,16H,6-7,10H2,1-3H3,(H,18,21);2*1H. The van der Waals surface area contributed by atoms with Gasteiger partial charge >= 0.3 is 0 Å². The summed E-state index contributed by atoms with van der Waals surface area (Å²) >= 11 is 0. The highest BCUT2D eigenvalue weighted by Crippen LogP contribution is 2.12. The van der Waals surface area contributed by atoms with Gasteiger partial charge in [-0.3, -0.25) is 4.79 Å². The number of aromatic nitrogens is 3. The fourth-order valence-electron chi connectivity index (χ4n) is 2.03. The molecule has 0 aromatic carbocycles. The molecule has 0 saturated carbocycles. The number of halogens is 2. The number of rotatable bonds is 7. The summed E-state index contributed by atoms with van der Waals surface area (Å²) in [7, 11) is 1.62. The molecule has 0 saturated heterocycles. The van der Waals surface area contributed by atoms with Gasteiger partial charge in [-0.15, -0.1) is 24.8 Å². The van der Waals surface area contributed by atoms with Crippen molar-refractivity contribution in [3.63, 3.8) is 0 Å². The summed E-state index contributed by atoms with van der Waals surface area (Å²) in [5, 5.41) is 10.1. The van der Waals surface area contributed by atoms with Crippen molar-refractivity contribution >= 4 is 36.4 Å². The van der Waals surface area contributed by atoms with E-state index in [9.17, 15) is 4.79 Å². The second-order valence-corrected chi connectivity index (χ2v) is 4.96. The molecule has 0 spiro atoms.